The van der Waals surface area contributed by atoms with Gasteiger partial charge in [0.25, 0.3) is 11.5 Å². The molecule has 0 spiro atoms. The van der Waals surface area contributed by atoms with Crippen molar-refractivity contribution >= 4 is 5.91 Å². The maximum absolute atomic E-state index is 12.3. The maximum atomic E-state index is 12.3. The van der Waals surface area contributed by atoms with E-state index in [1.807, 2.05) is 0 Å². The summed E-state index contributed by atoms with van der Waals surface area (Å²) >= 11 is 0. The molecule has 3 heterocycles. The summed E-state index contributed by atoms with van der Waals surface area (Å²) < 4.78 is 6.89. The van der Waals surface area contributed by atoms with Gasteiger partial charge in [-0.2, -0.15) is 4.98 Å². The van der Waals surface area contributed by atoms with E-state index in [0.717, 1.165) is 57.0 Å². The highest BCUT2D eigenvalue weighted by molar-refractivity contribution is 5.93. The monoisotopic (exact) mass is 399 g/mol. The van der Waals surface area contributed by atoms with Crippen molar-refractivity contribution in [2.24, 2.45) is 13.0 Å². The third-order valence-corrected chi connectivity index (χ3v) is 6.18. The van der Waals surface area contributed by atoms with Crippen LogP contribution in [-0.4, -0.2) is 45.1 Å². The summed E-state index contributed by atoms with van der Waals surface area (Å²) in [5.41, 5.74) is -0.0699. The van der Waals surface area contributed by atoms with E-state index in [1.54, 1.807) is 25.4 Å². The molecule has 1 saturated heterocycles. The van der Waals surface area contributed by atoms with Crippen LogP contribution in [-0.2, 0) is 13.6 Å². The van der Waals surface area contributed by atoms with E-state index in [0.29, 0.717) is 18.4 Å². The van der Waals surface area contributed by atoms with Crippen molar-refractivity contribution in [1.29, 1.82) is 0 Å². The van der Waals surface area contributed by atoms with Crippen LogP contribution in [0, 0.1) is 5.92 Å². The fourth-order valence-corrected chi connectivity index (χ4v) is 4.32. The lowest BCUT2D eigenvalue weighted by atomic mass is 9.96. The summed E-state index contributed by atoms with van der Waals surface area (Å²) in [4.78, 5) is 31.3. The minimum Gasteiger partial charge on any atom is -0.352 e. The van der Waals surface area contributed by atoms with Gasteiger partial charge in [-0.3, -0.25) is 14.5 Å². The molecule has 2 fully saturated rings. The molecule has 1 amide bonds. The fraction of sp³-hybridized carbons (Fsp3) is 0.619. The largest absolute Gasteiger partial charge is 0.352 e. The van der Waals surface area contributed by atoms with E-state index in [-0.39, 0.29) is 17.0 Å². The van der Waals surface area contributed by atoms with Crippen LogP contribution < -0.4 is 10.9 Å². The first-order chi connectivity index (χ1) is 14.1. The van der Waals surface area contributed by atoms with Crippen LogP contribution in [0.4, 0.5) is 0 Å². The molecule has 1 aliphatic carbocycles. The molecule has 156 valence electrons. The molecule has 8 nitrogen and oxygen atoms in total. The van der Waals surface area contributed by atoms with Gasteiger partial charge in [0.2, 0.25) is 5.89 Å². The first kappa shape index (κ1) is 19.8. The summed E-state index contributed by atoms with van der Waals surface area (Å²) in [5.74, 6) is 2.16. The molecular formula is C21H29N5O3. The summed E-state index contributed by atoms with van der Waals surface area (Å²) in [7, 11) is 1.65. The number of hydrogen-bond acceptors (Lipinski definition) is 6. The Hall–Kier alpha value is -2.48. The average Bonchev–Trinajstić information content (AvgIpc) is 3.41. The maximum Gasteiger partial charge on any atom is 0.263 e. The molecule has 1 aliphatic heterocycles. The van der Waals surface area contributed by atoms with Gasteiger partial charge in [0.15, 0.2) is 5.82 Å². The number of carbonyl (C=O) groups excluding carboxylic acids is 1. The van der Waals surface area contributed by atoms with Crippen LogP contribution in [0.2, 0.25) is 0 Å². The van der Waals surface area contributed by atoms with Gasteiger partial charge < -0.3 is 14.4 Å². The molecular weight excluding hydrogens is 370 g/mol. The quantitative estimate of drug-likeness (QED) is 0.799. The van der Waals surface area contributed by atoms with Crippen molar-refractivity contribution in [1.82, 2.24) is 24.9 Å². The van der Waals surface area contributed by atoms with E-state index in [4.69, 9.17) is 4.52 Å². The molecule has 0 aromatic carbocycles. The lowest BCUT2D eigenvalue weighted by molar-refractivity contribution is 0.0932. The Morgan fingerprint density at radius 1 is 1.24 bits per heavy atom. The zero-order valence-electron chi connectivity index (χ0n) is 17.0. The van der Waals surface area contributed by atoms with Crippen molar-refractivity contribution in [3.63, 3.8) is 0 Å². The van der Waals surface area contributed by atoms with Crippen molar-refractivity contribution < 1.29 is 9.32 Å². The zero-order valence-corrected chi connectivity index (χ0v) is 17.0. The van der Waals surface area contributed by atoms with Crippen molar-refractivity contribution in [3.05, 3.63) is 46.0 Å². The van der Waals surface area contributed by atoms with Crippen molar-refractivity contribution in [2.45, 2.75) is 51.0 Å². The number of hydrogen-bond donors (Lipinski definition) is 1. The van der Waals surface area contributed by atoms with Crippen LogP contribution in [0.25, 0.3) is 0 Å². The topological polar surface area (TPSA) is 93.3 Å². The molecule has 0 radical (unpaired) electrons. The second-order valence-corrected chi connectivity index (χ2v) is 8.30. The van der Waals surface area contributed by atoms with Crippen LogP contribution in [0.1, 0.15) is 66.5 Å². The number of rotatable bonds is 6. The van der Waals surface area contributed by atoms with Gasteiger partial charge in [0, 0.05) is 25.7 Å². The zero-order chi connectivity index (χ0) is 20.2. The molecule has 8 heteroatoms. The van der Waals surface area contributed by atoms with Crippen LogP contribution in [0.5, 0.6) is 0 Å². The van der Waals surface area contributed by atoms with E-state index in [1.165, 1.54) is 17.4 Å². The molecule has 0 atom stereocenters. The number of amides is 1. The Kier molecular flexibility index (Phi) is 6.08. The van der Waals surface area contributed by atoms with E-state index in [9.17, 15) is 9.59 Å². The number of aryl methyl sites for hydroxylation is 1. The van der Waals surface area contributed by atoms with Crippen LogP contribution >= 0.6 is 0 Å². The molecule has 4 rings (SSSR count). The predicted octanol–water partition coefficient (Wildman–Crippen LogP) is 2.07. The fourth-order valence-electron chi connectivity index (χ4n) is 4.32. The third kappa shape index (κ3) is 4.75. The van der Waals surface area contributed by atoms with E-state index >= 15 is 0 Å². The van der Waals surface area contributed by atoms with Crippen LogP contribution in [0.3, 0.4) is 0 Å². The number of aromatic nitrogens is 3. The van der Waals surface area contributed by atoms with Gasteiger partial charge >= 0.3 is 0 Å². The van der Waals surface area contributed by atoms with Gasteiger partial charge in [0.1, 0.15) is 5.56 Å². The smallest absolute Gasteiger partial charge is 0.263 e. The first-order valence-electron chi connectivity index (χ1n) is 10.6. The Morgan fingerprint density at radius 2 is 2.00 bits per heavy atom. The Bertz CT molecular complexity index is 892. The lowest BCUT2D eigenvalue weighted by Gasteiger charge is -2.31. The average molecular weight is 399 g/mol. The second-order valence-electron chi connectivity index (χ2n) is 8.30. The Labute approximate surface area is 170 Å². The minimum absolute atomic E-state index is 0.197. The summed E-state index contributed by atoms with van der Waals surface area (Å²) in [6.07, 6.45) is 8.48. The molecule has 2 aromatic heterocycles. The standard InChI is InChI=1S/C21H29N5O3/c1-25-10-4-7-17(21(25)28)19(27)22-13-15-8-11-26(12-9-15)14-18-23-20(29-24-18)16-5-2-3-6-16/h4,7,10,15-16H,2-3,5-6,8-9,11-14H2,1H3,(H,22,27). The Morgan fingerprint density at radius 3 is 2.76 bits per heavy atom. The van der Waals surface area contributed by atoms with Gasteiger partial charge in [-0.15, -0.1) is 0 Å². The highest BCUT2D eigenvalue weighted by atomic mass is 16.5. The SMILES string of the molecule is Cn1cccc(C(=O)NCC2CCN(Cc3noc(C4CCCC4)n3)CC2)c1=O. The number of nitrogens with zero attached hydrogens (tertiary/aromatic N) is 4. The molecule has 2 aromatic rings. The number of pyridine rings is 1. The minimum atomic E-state index is -0.292. The van der Waals surface area contributed by atoms with Gasteiger partial charge in [-0.05, 0) is 56.8 Å². The highest BCUT2D eigenvalue weighted by Crippen LogP contribution is 2.33. The van der Waals surface area contributed by atoms with Crippen molar-refractivity contribution in [2.75, 3.05) is 19.6 Å². The van der Waals surface area contributed by atoms with Gasteiger partial charge in [0.05, 0.1) is 6.54 Å². The number of carbonyl (C=O) groups is 1. The van der Waals surface area contributed by atoms with E-state index in [2.05, 4.69) is 20.4 Å². The lowest BCUT2D eigenvalue weighted by Crippen LogP contribution is -2.39. The second kappa shape index (κ2) is 8.90. The normalized spacial score (nSPS) is 18.9. The number of piperidine rings is 1. The van der Waals surface area contributed by atoms with Gasteiger partial charge in [-0.25, -0.2) is 0 Å². The number of nitrogens with one attached hydrogen (secondary N) is 1. The summed E-state index contributed by atoms with van der Waals surface area (Å²) in [6, 6.07) is 3.29. The van der Waals surface area contributed by atoms with Crippen molar-refractivity contribution in [3.8, 4) is 0 Å². The molecule has 29 heavy (non-hydrogen) atoms. The molecule has 0 bridgehead atoms. The molecule has 0 unspecified atom stereocenters. The Balaban J connectivity index is 1.22. The molecule has 1 saturated carbocycles. The van der Waals surface area contributed by atoms with Gasteiger partial charge in [-0.1, -0.05) is 18.0 Å². The summed E-state index contributed by atoms with van der Waals surface area (Å²) in [5, 5.41) is 7.09. The predicted molar refractivity (Wildman–Crippen MR) is 108 cm³/mol. The highest BCUT2D eigenvalue weighted by Gasteiger charge is 2.25. The molecule has 1 N–H and O–H groups in total. The molecule has 2 aliphatic rings. The first-order valence-corrected chi connectivity index (χ1v) is 10.6. The number of likely N-dealkylation sites (tertiary alicyclic amines) is 1. The van der Waals surface area contributed by atoms with E-state index < -0.39 is 0 Å². The summed E-state index contributed by atoms with van der Waals surface area (Å²) in [6.45, 7) is 3.20. The van der Waals surface area contributed by atoms with Crippen LogP contribution in [0.15, 0.2) is 27.6 Å². The third-order valence-electron chi connectivity index (χ3n) is 6.18.